The highest BCUT2D eigenvalue weighted by atomic mass is 35.5. The van der Waals surface area contributed by atoms with Crippen molar-refractivity contribution >= 4 is 28.6 Å². The Hall–Kier alpha value is -4.17. The first-order valence-corrected chi connectivity index (χ1v) is 13.5. The van der Waals surface area contributed by atoms with Crippen molar-refractivity contribution in [2.45, 2.75) is 52.1 Å². The van der Waals surface area contributed by atoms with Gasteiger partial charge in [0.2, 0.25) is 5.95 Å². The van der Waals surface area contributed by atoms with Crippen molar-refractivity contribution in [2.75, 3.05) is 0 Å². The number of esters is 1. The van der Waals surface area contributed by atoms with Gasteiger partial charge in [-0.25, -0.2) is 9.37 Å². The molecular weight excluding hydrogens is 531 g/mol. The Morgan fingerprint density at radius 2 is 1.65 bits per heavy atom. The van der Waals surface area contributed by atoms with Crippen LogP contribution in [0.5, 0.6) is 0 Å². The third kappa shape index (κ3) is 6.34. The van der Waals surface area contributed by atoms with Crippen LogP contribution in [0.4, 0.5) is 4.39 Å². The van der Waals surface area contributed by atoms with Crippen LogP contribution >= 0.6 is 11.6 Å². The largest absolute Gasteiger partial charge is 0.460 e. The molecule has 3 aromatic carbocycles. The molecule has 7 nitrogen and oxygen atoms in total. The van der Waals surface area contributed by atoms with Gasteiger partial charge in [0.15, 0.2) is 0 Å². The second kappa shape index (κ2) is 11.1. The molecule has 5 rings (SSSR count). The van der Waals surface area contributed by atoms with E-state index in [9.17, 15) is 14.0 Å². The summed E-state index contributed by atoms with van der Waals surface area (Å²) >= 11 is 6.13. The number of nitrogens with zero attached hydrogens (tertiary/aromatic N) is 2. The number of aromatic nitrogens is 4. The number of H-pyrrole nitrogens is 2. The van der Waals surface area contributed by atoms with E-state index >= 15 is 0 Å². The molecule has 0 radical (unpaired) electrons. The molecule has 2 N–H and O–H groups in total. The van der Waals surface area contributed by atoms with E-state index in [2.05, 4.69) is 15.1 Å². The first-order valence-electron chi connectivity index (χ1n) is 13.1. The van der Waals surface area contributed by atoms with Crippen LogP contribution in [0.1, 0.15) is 43.9 Å². The van der Waals surface area contributed by atoms with Gasteiger partial charge in [0.05, 0.1) is 16.7 Å². The molecule has 2 aromatic heterocycles. The molecule has 0 fully saturated rings. The number of carbonyl (C=O) groups excluding carboxylic acids is 1. The average Bonchev–Trinajstić information content (AvgIpc) is 3.46. The molecule has 5 aromatic rings. The Morgan fingerprint density at radius 3 is 2.35 bits per heavy atom. The van der Waals surface area contributed by atoms with Crippen LogP contribution in [0.15, 0.2) is 71.5 Å². The van der Waals surface area contributed by atoms with Gasteiger partial charge in [-0.3, -0.25) is 14.7 Å². The highest BCUT2D eigenvalue weighted by molar-refractivity contribution is 6.31. The van der Waals surface area contributed by atoms with Gasteiger partial charge in [-0.05, 0) is 87.1 Å². The summed E-state index contributed by atoms with van der Waals surface area (Å²) in [5.41, 5.74) is 4.65. The second-order valence-corrected chi connectivity index (χ2v) is 11.2. The quantitative estimate of drug-likeness (QED) is 0.210. The van der Waals surface area contributed by atoms with Crippen LogP contribution < -0.4 is 5.56 Å². The van der Waals surface area contributed by atoms with Crippen LogP contribution in [-0.2, 0) is 28.8 Å². The molecule has 0 bridgehead atoms. The van der Waals surface area contributed by atoms with Gasteiger partial charge in [0.25, 0.3) is 5.56 Å². The molecule has 2 heterocycles. The number of halogens is 2. The fourth-order valence-corrected chi connectivity index (χ4v) is 4.74. The topological polar surface area (TPSA) is 92.8 Å². The first-order chi connectivity index (χ1) is 19.1. The van der Waals surface area contributed by atoms with E-state index < -0.39 is 5.60 Å². The van der Waals surface area contributed by atoms with E-state index in [1.54, 1.807) is 30.3 Å². The average molecular weight is 561 g/mol. The van der Waals surface area contributed by atoms with E-state index in [-0.39, 0.29) is 23.8 Å². The molecule has 0 amide bonds. The van der Waals surface area contributed by atoms with Gasteiger partial charge < -0.3 is 9.72 Å². The summed E-state index contributed by atoms with van der Waals surface area (Å²) in [6, 6.07) is 19.3. The number of fused-ring (bicyclic) bond motifs is 1. The van der Waals surface area contributed by atoms with Crippen molar-refractivity contribution in [3.8, 4) is 17.2 Å². The minimum Gasteiger partial charge on any atom is -0.460 e. The zero-order valence-corrected chi connectivity index (χ0v) is 23.3. The van der Waals surface area contributed by atoms with Gasteiger partial charge in [-0.15, -0.1) is 0 Å². The number of carbonyl (C=O) groups is 1. The zero-order chi connectivity index (χ0) is 28.4. The number of nitrogens with one attached hydrogen (secondary N) is 2. The summed E-state index contributed by atoms with van der Waals surface area (Å²) in [4.78, 5) is 33.5. The number of rotatable bonds is 8. The fraction of sp³-hybridized carbons (Fsp3) is 0.258. The van der Waals surface area contributed by atoms with Crippen molar-refractivity contribution in [3.63, 3.8) is 0 Å². The summed E-state index contributed by atoms with van der Waals surface area (Å²) in [5, 5.41) is 3.81. The van der Waals surface area contributed by atoms with E-state index in [1.807, 2.05) is 45.0 Å². The number of ether oxygens (including phenoxy) is 1. The van der Waals surface area contributed by atoms with Crippen molar-refractivity contribution in [1.29, 1.82) is 0 Å². The van der Waals surface area contributed by atoms with Gasteiger partial charge in [0, 0.05) is 17.0 Å². The van der Waals surface area contributed by atoms with Crippen LogP contribution in [0, 0.1) is 5.82 Å². The van der Waals surface area contributed by atoms with Crippen LogP contribution in [0.2, 0.25) is 5.02 Å². The van der Waals surface area contributed by atoms with Crippen molar-refractivity contribution in [2.24, 2.45) is 0 Å². The molecule has 0 aliphatic heterocycles. The predicted octanol–water partition coefficient (Wildman–Crippen LogP) is 6.56. The molecule has 0 unspecified atom stereocenters. The van der Waals surface area contributed by atoms with Crippen molar-refractivity contribution in [1.82, 2.24) is 19.7 Å². The minimum absolute atomic E-state index is 0.226. The molecule has 0 saturated heterocycles. The minimum atomic E-state index is -0.517. The first kappa shape index (κ1) is 27.4. The number of hydrogen-bond donors (Lipinski definition) is 2. The SMILES string of the molecule is CC(C)(C)OC(=O)CCc1ccc(-c2[nH]n(-c3nc4ccc(Cl)cc4[nH]3)c(=O)c2CCc2ccc(F)cc2)cc1. The van der Waals surface area contributed by atoms with Crippen molar-refractivity contribution < 1.29 is 13.9 Å². The summed E-state index contributed by atoms with van der Waals surface area (Å²) < 4.78 is 20.2. The summed E-state index contributed by atoms with van der Waals surface area (Å²) in [6.07, 6.45) is 1.83. The summed E-state index contributed by atoms with van der Waals surface area (Å²) in [7, 11) is 0. The highest BCUT2D eigenvalue weighted by Gasteiger charge is 2.20. The lowest BCUT2D eigenvalue weighted by Crippen LogP contribution is -2.23. The Balaban J connectivity index is 1.45. The molecule has 9 heteroatoms. The summed E-state index contributed by atoms with van der Waals surface area (Å²) in [5.74, 6) is -0.191. The predicted molar refractivity (Wildman–Crippen MR) is 154 cm³/mol. The molecule has 0 atom stereocenters. The van der Waals surface area contributed by atoms with Crippen LogP contribution in [0.25, 0.3) is 28.2 Å². The lowest BCUT2D eigenvalue weighted by Gasteiger charge is -2.19. The van der Waals surface area contributed by atoms with E-state index in [4.69, 9.17) is 16.3 Å². The van der Waals surface area contributed by atoms with E-state index in [0.717, 1.165) is 16.7 Å². The normalized spacial score (nSPS) is 11.7. The number of hydrogen-bond acceptors (Lipinski definition) is 4. The molecule has 0 aliphatic rings. The maximum atomic E-state index is 13.7. The van der Waals surface area contributed by atoms with Gasteiger partial charge >= 0.3 is 5.97 Å². The Bertz CT molecular complexity index is 1710. The Kier molecular flexibility index (Phi) is 7.63. The standard InChI is InChI=1S/C31H30ClFN4O3/c1-31(2,3)40-27(38)17-9-19-4-10-21(11-5-19)28-24(15-8-20-6-13-23(33)14-7-20)29(39)37(36-28)30-34-25-16-12-22(32)18-26(25)35-30/h4-7,10-14,16,18,36H,8-9,15,17H2,1-3H3,(H,34,35). The molecule has 0 saturated carbocycles. The van der Waals surface area contributed by atoms with Gasteiger partial charge in [-0.2, -0.15) is 4.68 Å². The highest BCUT2D eigenvalue weighted by Crippen LogP contribution is 2.24. The lowest BCUT2D eigenvalue weighted by molar-refractivity contribution is -0.154. The van der Waals surface area contributed by atoms with E-state index in [0.29, 0.717) is 52.5 Å². The molecule has 0 spiro atoms. The maximum absolute atomic E-state index is 13.7. The van der Waals surface area contributed by atoms with Gasteiger partial charge in [0.1, 0.15) is 11.4 Å². The fourth-order valence-electron chi connectivity index (χ4n) is 4.56. The number of benzene rings is 3. The van der Waals surface area contributed by atoms with Crippen LogP contribution in [0.3, 0.4) is 0 Å². The number of imidazole rings is 1. The van der Waals surface area contributed by atoms with Gasteiger partial charge in [-0.1, -0.05) is 48.0 Å². The maximum Gasteiger partial charge on any atom is 0.306 e. The molecule has 0 aliphatic carbocycles. The zero-order valence-electron chi connectivity index (χ0n) is 22.6. The second-order valence-electron chi connectivity index (χ2n) is 10.7. The lowest BCUT2D eigenvalue weighted by atomic mass is 10.00. The number of aryl methyl sites for hydroxylation is 2. The summed E-state index contributed by atoms with van der Waals surface area (Å²) in [6.45, 7) is 5.54. The monoisotopic (exact) mass is 560 g/mol. The Morgan fingerprint density at radius 1 is 0.975 bits per heavy atom. The smallest absolute Gasteiger partial charge is 0.306 e. The molecule has 40 heavy (non-hydrogen) atoms. The third-order valence-electron chi connectivity index (χ3n) is 6.49. The third-order valence-corrected chi connectivity index (χ3v) is 6.72. The molecular formula is C31H30ClFN4O3. The van der Waals surface area contributed by atoms with E-state index in [1.165, 1.54) is 16.8 Å². The molecule has 206 valence electrons. The Labute approximate surface area is 236 Å². The number of aromatic amines is 2. The van der Waals surface area contributed by atoms with Crippen molar-refractivity contribution in [3.05, 3.63) is 105 Å². The van der Waals surface area contributed by atoms with Crippen LogP contribution in [-0.4, -0.2) is 31.3 Å².